The van der Waals surface area contributed by atoms with Gasteiger partial charge in [0.1, 0.15) is 5.82 Å². The number of halogens is 1. The van der Waals surface area contributed by atoms with Gasteiger partial charge in [0.2, 0.25) is 5.91 Å². The Labute approximate surface area is 176 Å². The fraction of sp³-hybridized carbons (Fsp3) is 0.0870. The molecule has 1 N–H and O–H groups in total. The monoisotopic (exact) mass is 419 g/mol. The number of para-hydroxylation sites is 2. The van der Waals surface area contributed by atoms with Crippen LogP contribution in [0.15, 0.2) is 82.7 Å². The molecule has 0 atom stereocenters. The highest BCUT2D eigenvalue weighted by atomic mass is 32.2. The standard InChI is InChI=1S/C23H18FN3O2S/c1-15-11-12-18(24)20(13-15)25-21(28)14-30-23-26-19-10-6-5-9-17(19)22(29)27(23)16-7-3-2-4-8-16/h2-13H,14H2,1H3,(H,25,28). The molecule has 1 aromatic heterocycles. The highest BCUT2D eigenvalue weighted by Crippen LogP contribution is 2.22. The Morgan fingerprint density at radius 1 is 1.07 bits per heavy atom. The average Bonchev–Trinajstić information content (AvgIpc) is 2.75. The highest BCUT2D eigenvalue weighted by Gasteiger charge is 2.15. The third-order valence-corrected chi connectivity index (χ3v) is 5.43. The van der Waals surface area contributed by atoms with Crippen LogP contribution in [0.1, 0.15) is 5.56 Å². The molecule has 0 spiro atoms. The summed E-state index contributed by atoms with van der Waals surface area (Å²) in [6.07, 6.45) is 0. The number of hydrogen-bond donors (Lipinski definition) is 1. The van der Waals surface area contributed by atoms with E-state index < -0.39 is 5.82 Å². The van der Waals surface area contributed by atoms with E-state index in [9.17, 15) is 14.0 Å². The topological polar surface area (TPSA) is 64.0 Å². The van der Waals surface area contributed by atoms with E-state index >= 15 is 0 Å². The highest BCUT2D eigenvalue weighted by molar-refractivity contribution is 7.99. The second-order valence-electron chi connectivity index (χ2n) is 6.71. The Morgan fingerprint density at radius 2 is 1.80 bits per heavy atom. The van der Waals surface area contributed by atoms with E-state index in [0.29, 0.717) is 21.7 Å². The summed E-state index contributed by atoms with van der Waals surface area (Å²) in [5, 5.41) is 3.47. The molecule has 0 aliphatic rings. The number of carbonyl (C=O) groups excluding carboxylic acids is 1. The summed E-state index contributed by atoms with van der Waals surface area (Å²) in [5.74, 6) is -0.902. The molecule has 7 heteroatoms. The van der Waals surface area contributed by atoms with E-state index in [1.807, 2.05) is 43.3 Å². The van der Waals surface area contributed by atoms with Crippen LogP contribution in [0.5, 0.6) is 0 Å². The van der Waals surface area contributed by atoms with Crippen molar-refractivity contribution >= 4 is 34.3 Å². The molecule has 1 heterocycles. The number of nitrogens with zero attached hydrogens (tertiary/aromatic N) is 2. The Bertz CT molecular complexity index is 1290. The first-order valence-electron chi connectivity index (χ1n) is 9.29. The molecule has 4 aromatic rings. The van der Waals surface area contributed by atoms with Crippen molar-refractivity contribution in [3.63, 3.8) is 0 Å². The number of rotatable bonds is 5. The largest absolute Gasteiger partial charge is 0.323 e. The second-order valence-corrected chi connectivity index (χ2v) is 7.65. The minimum Gasteiger partial charge on any atom is -0.323 e. The molecule has 0 saturated carbocycles. The summed E-state index contributed by atoms with van der Waals surface area (Å²) in [6, 6.07) is 20.8. The van der Waals surface area contributed by atoms with Gasteiger partial charge in [-0.25, -0.2) is 9.37 Å². The lowest BCUT2D eigenvalue weighted by molar-refractivity contribution is -0.113. The smallest absolute Gasteiger partial charge is 0.266 e. The van der Waals surface area contributed by atoms with Crippen molar-refractivity contribution in [2.24, 2.45) is 0 Å². The summed E-state index contributed by atoms with van der Waals surface area (Å²) in [4.78, 5) is 30.2. The Balaban J connectivity index is 1.66. The van der Waals surface area contributed by atoms with Gasteiger partial charge in [-0.3, -0.25) is 14.2 Å². The fourth-order valence-corrected chi connectivity index (χ4v) is 3.88. The molecule has 3 aromatic carbocycles. The van der Waals surface area contributed by atoms with Crippen LogP contribution in [-0.4, -0.2) is 21.2 Å². The zero-order valence-electron chi connectivity index (χ0n) is 16.1. The molecule has 30 heavy (non-hydrogen) atoms. The number of carbonyl (C=O) groups is 1. The zero-order chi connectivity index (χ0) is 21.1. The first-order chi connectivity index (χ1) is 14.5. The molecule has 0 bridgehead atoms. The van der Waals surface area contributed by atoms with Gasteiger partial charge in [-0.05, 0) is 48.9 Å². The maximum atomic E-state index is 13.9. The number of anilines is 1. The van der Waals surface area contributed by atoms with Crippen LogP contribution in [-0.2, 0) is 4.79 Å². The lowest BCUT2D eigenvalue weighted by Crippen LogP contribution is -2.23. The number of hydrogen-bond acceptors (Lipinski definition) is 4. The molecule has 5 nitrogen and oxygen atoms in total. The third kappa shape index (κ3) is 4.11. The summed E-state index contributed by atoms with van der Waals surface area (Å²) in [5.41, 5.74) is 1.98. The van der Waals surface area contributed by atoms with Gasteiger partial charge in [-0.1, -0.05) is 48.2 Å². The molecule has 4 rings (SSSR count). The number of nitrogens with one attached hydrogen (secondary N) is 1. The van der Waals surface area contributed by atoms with Gasteiger partial charge in [0.05, 0.1) is 28.0 Å². The van der Waals surface area contributed by atoms with Gasteiger partial charge in [-0.2, -0.15) is 0 Å². The van der Waals surface area contributed by atoms with Gasteiger partial charge >= 0.3 is 0 Å². The van der Waals surface area contributed by atoms with Gasteiger partial charge in [0, 0.05) is 0 Å². The van der Waals surface area contributed by atoms with Crippen LogP contribution >= 0.6 is 11.8 Å². The van der Waals surface area contributed by atoms with Crippen molar-refractivity contribution in [2.75, 3.05) is 11.1 Å². The van der Waals surface area contributed by atoms with Crippen molar-refractivity contribution in [3.05, 3.63) is 94.5 Å². The van der Waals surface area contributed by atoms with Crippen molar-refractivity contribution in [1.29, 1.82) is 0 Å². The van der Waals surface area contributed by atoms with Gasteiger partial charge in [0.15, 0.2) is 5.16 Å². The summed E-state index contributed by atoms with van der Waals surface area (Å²) < 4.78 is 15.4. The van der Waals surface area contributed by atoms with Crippen LogP contribution in [0.25, 0.3) is 16.6 Å². The summed E-state index contributed by atoms with van der Waals surface area (Å²) in [6.45, 7) is 1.82. The first-order valence-corrected chi connectivity index (χ1v) is 10.3. The quantitative estimate of drug-likeness (QED) is 0.380. The summed E-state index contributed by atoms with van der Waals surface area (Å²) >= 11 is 1.13. The number of thioether (sulfide) groups is 1. The van der Waals surface area contributed by atoms with Crippen molar-refractivity contribution < 1.29 is 9.18 Å². The van der Waals surface area contributed by atoms with Gasteiger partial charge < -0.3 is 5.32 Å². The normalized spacial score (nSPS) is 10.9. The molecule has 0 unspecified atom stereocenters. The maximum absolute atomic E-state index is 13.9. The predicted molar refractivity (Wildman–Crippen MR) is 118 cm³/mol. The number of aryl methyl sites for hydroxylation is 1. The van der Waals surface area contributed by atoms with E-state index in [1.165, 1.54) is 10.6 Å². The van der Waals surface area contributed by atoms with Crippen LogP contribution in [0.4, 0.5) is 10.1 Å². The Kier molecular flexibility index (Phi) is 5.63. The lowest BCUT2D eigenvalue weighted by Gasteiger charge is -2.13. The number of amides is 1. The van der Waals surface area contributed by atoms with Crippen molar-refractivity contribution in [3.8, 4) is 5.69 Å². The van der Waals surface area contributed by atoms with E-state index in [-0.39, 0.29) is 22.9 Å². The number of fused-ring (bicyclic) bond motifs is 1. The van der Waals surface area contributed by atoms with Crippen LogP contribution in [0.2, 0.25) is 0 Å². The first kappa shape index (κ1) is 19.8. The third-order valence-electron chi connectivity index (χ3n) is 4.49. The van der Waals surface area contributed by atoms with Gasteiger partial charge in [-0.15, -0.1) is 0 Å². The van der Waals surface area contributed by atoms with Gasteiger partial charge in [0.25, 0.3) is 5.56 Å². The second kappa shape index (κ2) is 8.51. The molecule has 0 fully saturated rings. The number of benzene rings is 3. The molecule has 0 aliphatic heterocycles. The minimum atomic E-state index is -0.496. The van der Waals surface area contributed by atoms with Crippen molar-refractivity contribution in [1.82, 2.24) is 9.55 Å². The maximum Gasteiger partial charge on any atom is 0.266 e. The van der Waals surface area contributed by atoms with E-state index in [4.69, 9.17) is 0 Å². The average molecular weight is 419 g/mol. The molecule has 150 valence electrons. The van der Waals surface area contributed by atoms with E-state index in [2.05, 4.69) is 10.3 Å². The SMILES string of the molecule is Cc1ccc(F)c(NC(=O)CSc2nc3ccccc3c(=O)n2-c2ccccc2)c1. The fourth-order valence-electron chi connectivity index (χ4n) is 3.07. The summed E-state index contributed by atoms with van der Waals surface area (Å²) in [7, 11) is 0. The molecular formula is C23H18FN3O2S. The van der Waals surface area contributed by atoms with E-state index in [0.717, 1.165) is 17.3 Å². The minimum absolute atomic E-state index is 0.0228. The molecule has 0 aliphatic carbocycles. The van der Waals surface area contributed by atoms with E-state index in [1.54, 1.807) is 30.3 Å². The molecule has 0 radical (unpaired) electrons. The Hall–Kier alpha value is -3.45. The zero-order valence-corrected chi connectivity index (χ0v) is 16.9. The van der Waals surface area contributed by atoms with Crippen LogP contribution < -0.4 is 10.9 Å². The lowest BCUT2D eigenvalue weighted by atomic mass is 10.2. The molecular weight excluding hydrogens is 401 g/mol. The van der Waals surface area contributed by atoms with Crippen LogP contribution in [0.3, 0.4) is 0 Å². The molecule has 1 amide bonds. The predicted octanol–water partition coefficient (Wildman–Crippen LogP) is 4.56. The van der Waals surface area contributed by atoms with Crippen molar-refractivity contribution in [2.45, 2.75) is 12.1 Å². The van der Waals surface area contributed by atoms with Crippen LogP contribution in [0, 0.1) is 12.7 Å². The number of aromatic nitrogens is 2. The Morgan fingerprint density at radius 3 is 2.60 bits per heavy atom. The molecule has 0 saturated heterocycles.